The average molecular weight is 383 g/mol. The Hall–Kier alpha value is -1.41. The van der Waals surface area contributed by atoms with Crippen LogP contribution < -0.4 is 5.19 Å². The molecule has 0 spiro atoms. The van der Waals surface area contributed by atoms with Gasteiger partial charge in [0.05, 0.1) is 13.8 Å². The van der Waals surface area contributed by atoms with Gasteiger partial charge >= 0.3 is 0 Å². The maximum atomic E-state index is 8.93. The molecule has 2 aromatic rings. The molecule has 0 saturated heterocycles. The Morgan fingerprint density at radius 3 is 2.26 bits per heavy atom. The maximum Gasteiger partial charge on any atom is 0.0799 e. The molecule has 146 valence electrons. The van der Waals surface area contributed by atoms with Gasteiger partial charge < -0.3 is 0 Å². The van der Waals surface area contributed by atoms with E-state index in [1.54, 1.807) is 0 Å². The predicted octanol–water partition coefficient (Wildman–Crippen LogP) is 6.93. The monoisotopic (exact) mass is 382 g/mol. The van der Waals surface area contributed by atoms with E-state index in [0.29, 0.717) is 0 Å². The van der Waals surface area contributed by atoms with Crippen molar-refractivity contribution in [2.24, 2.45) is 5.41 Å². The standard InChI is InChI=1S/C25H37NSi/c1-25(2,3)17-22-16-23(26-18-24(22)27(4,5)6)21-14-12-20(13-15-21)19-10-8-7-9-11-19/h12-16,18-19H,7-11,17H2,1-6H3/i17D2,19D. The van der Waals surface area contributed by atoms with Crippen LogP contribution in [0.2, 0.25) is 19.6 Å². The van der Waals surface area contributed by atoms with Gasteiger partial charge in [-0.25, -0.2) is 0 Å². The zero-order valence-electron chi connectivity index (χ0n) is 20.9. The summed E-state index contributed by atoms with van der Waals surface area (Å²) in [7, 11) is -1.76. The third-order valence-electron chi connectivity index (χ3n) is 5.27. The lowest BCUT2D eigenvalue weighted by Crippen LogP contribution is -2.41. The van der Waals surface area contributed by atoms with Crippen LogP contribution in [0.1, 0.15) is 74.0 Å². The van der Waals surface area contributed by atoms with Crippen molar-refractivity contribution in [3.8, 4) is 11.3 Å². The highest BCUT2D eigenvalue weighted by molar-refractivity contribution is 6.89. The van der Waals surface area contributed by atoms with Crippen molar-refractivity contribution in [1.82, 2.24) is 4.98 Å². The van der Waals surface area contributed by atoms with E-state index in [9.17, 15) is 0 Å². The summed E-state index contributed by atoms with van der Waals surface area (Å²) in [6.45, 7) is 12.6. The Bertz CT molecular complexity index is 886. The summed E-state index contributed by atoms with van der Waals surface area (Å²) in [6.07, 6.45) is 5.85. The minimum Gasteiger partial charge on any atom is -0.256 e. The summed E-state index contributed by atoms with van der Waals surface area (Å²) >= 11 is 0. The van der Waals surface area contributed by atoms with Crippen molar-refractivity contribution in [1.29, 1.82) is 0 Å². The van der Waals surface area contributed by atoms with Crippen LogP contribution >= 0.6 is 0 Å². The zero-order valence-corrected chi connectivity index (χ0v) is 18.9. The van der Waals surface area contributed by atoms with Crippen LogP contribution in [0.5, 0.6) is 0 Å². The van der Waals surface area contributed by atoms with Gasteiger partial charge in [0, 0.05) is 15.9 Å². The molecule has 0 amide bonds. The first kappa shape index (κ1) is 16.5. The zero-order chi connectivity index (χ0) is 22.4. The fraction of sp³-hybridized carbons (Fsp3) is 0.560. The second-order valence-electron chi connectivity index (χ2n) is 9.98. The normalized spacial score (nSPS) is 19.9. The van der Waals surface area contributed by atoms with Crippen LogP contribution in [0.3, 0.4) is 0 Å². The number of hydrogen-bond acceptors (Lipinski definition) is 1. The highest BCUT2D eigenvalue weighted by Gasteiger charge is 2.24. The molecule has 1 aliphatic rings. The van der Waals surface area contributed by atoms with Crippen LogP contribution in [-0.4, -0.2) is 13.1 Å². The largest absolute Gasteiger partial charge is 0.256 e. The number of benzene rings is 1. The molecule has 0 radical (unpaired) electrons. The van der Waals surface area contributed by atoms with Gasteiger partial charge in [-0.05, 0) is 52.9 Å². The summed E-state index contributed by atoms with van der Waals surface area (Å²) in [5, 5.41) is 1.09. The van der Waals surface area contributed by atoms with Crippen molar-refractivity contribution >= 4 is 13.3 Å². The average Bonchev–Trinajstić information content (AvgIpc) is 2.66. The van der Waals surface area contributed by atoms with Gasteiger partial charge in [0.1, 0.15) is 0 Å². The van der Waals surface area contributed by atoms with Gasteiger partial charge in [-0.3, -0.25) is 4.98 Å². The van der Waals surface area contributed by atoms with E-state index >= 15 is 0 Å². The lowest BCUT2D eigenvalue weighted by molar-refractivity contribution is 0.412. The Labute approximate surface area is 171 Å². The number of rotatable bonds is 4. The molecule has 1 fully saturated rings. The molecule has 2 heteroatoms. The van der Waals surface area contributed by atoms with Gasteiger partial charge in [-0.1, -0.05) is 83.9 Å². The summed E-state index contributed by atoms with van der Waals surface area (Å²) in [6, 6.07) is 10.3. The molecule has 1 aliphatic carbocycles. The molecule has 1 aromatic heterocycles. The Kier molecular flexibility index (Phi) is 4.84. The van der Waals surface area contributed by atoms with E-state index < -0.39 is 25.8 Å². The minimum atomic E-state index is -1.76. The first-order valence-electron chi connectivity index (χ1n) is 11.9. The van der Waals surface area contributed by atoms with Gasteiger partial charge in [0.25, 0.3) is 0 Å². The van der Waals surface area contributed by atoms with Crippen molar-refractivity contribution in [2.45, 2.75) is 84.8 Å². The molecule has 0 bridgehead atoms. The summed E-state index contributed by atoms with van der Waals surface area (Å²) in [5.41, 5.74) is 3.17. The molecule has 1 heterocycles. The van der Waals surface area contributed by atoms with E-state index in [2.05, 4.69) is 43.9 Å². The number of hydrogen-bond donors (Lipinski definition) is 0. The molecule has 27 heavy (non-hydrogen) atoms. The summed E-state index contributed by atoms with van der Waals surface area (Å²) in [5.74, 6) is -0.458. The van der Waals surface area contributed by atoms with Crippen LogP contribution in [0, 0.1) is 5.41 Å². The fourth-order valence-electron chi connectivity index (χ4n) is 3.86. The van der Waals surface area contributed by atoms with Crippen molar-refractivity contribution < 1.29 is 4.11 Å². The SMILES string of the molecule is [2H]C1(c2ccc(-c3cc(C([2H])([2H])C(C)(C)C)c([Si](C)(C)C)cn3)cc2)CCCCC1. The van der Waals surface area contributed by atoms with Crippen LogP contribution in [0.15, 0.2) is 36.5 Å². The molecule has 0 N–H and O–H groups in total. The van der Waals surface area contributed by atoms with Crippen molar-refractivity contribution in [3.05, 3.63) is 47.7 Å². The van der Waals surface area contributed by atoms with E-state index in [4.69, 9.17) is 9.10 Å². The topological polar surface area (TPSA) is 12.9 Å². The van der Waals surface area contributed by atoms with E-state index in [1.165, 1.54) is 6.42 Å². The predicted molar refractivity (Wildman–Crippen MR) is 122 cm³/mol. The molecule has 0 aliphatic heterocycles. The summed E-state index contributed by atoms with van der Waals surface area (Å²) in [4.78, 5) is 4.75. The van der Waals surface area contributed by atoms with Gasteiger partial charge in [-0.15, -0.1) is 0 Å². The smallest absolute Gasteiger partial charge is 0.0799 e. The molecule has 1 nitrogen and oxygen atoms in total. The number of aromatic nitrogens is 1. The highest BCUT2D eigenvalue weighted by Crippen LogP contribution is 2.33. The summed E-state index contributed by atoms with van der Waals surface area (Å²) < 4.78 is 26.7. The third-order valence-corrected chi connectivity index (χ3v) is 7.28. The second-order valence-corrected chi connectivity index (χ2v) is 15.0. The Balaban J connectivity index is 2.04. The van der Waals surface area contributed by atoms with Crippen molar-refractivity contribution in [3.63, 3.8) is 0 Å². The molecular formula is C25H37NSi. The van der Waals surface area contributed by atoms with Crippen LogP contribution in [0.25, 0.3) is 11.3 Å². The molecule has 1 saturated carbocycles. The fourth-order valence-corrected chi connectivity index (χ4v) is 5.26. The molecule has 0 atom stereocenters. The van der Waals surface area contributed by atoms with E-state index in [0.717, 1.165) is 53.3 Å². The lowest BCUT2D eigenvalue weighted by atomic mass is 9.84. The van der Waals surface area contributed by atoms with E-state index in [1.807, 2.05) is 33.0 Å². The van der Waals surface area contributed by atoms with Gasteiger partial charge in [-0.2, -0.15) is 0 Å². The maximum absolute atomic E-state index is 8.93. The Morgan fingerprint density at radius 1 is 1.07 bits per heavy atom. The highest BCUT2D eigenvalue weighted by atomic mass is 28.3. The van der Waals surface area contributed by atoms with Crippen LogP contribution in [0.4, 0.5) is 0 Å². The quantitative estimate of drug-likeness (QED) is 0.522. The molecular weight excluding hydrogens is 342 g/mol. The van der Waals surface area contributed by atoms with Crippen LogP contribution in [-0.2, 0) is 6.37 Å². The van der Waals surface area contributed by atoms with E-state index in [-0.39, 0.29) is 0 Å². The van der Waals surface area contributed by atoms with Crippen molar-refractivity contribution in [2.75, 3.05) is 0 Å². The Morgan fingerprint density at radius 2 is 1.70 bits per heavy atom. The minimum absolute atomic E-state index is 0.458. The molecule has 3 rings (SSSR count). The third kappa shape index (κ3) is 5.31. The molecule has 1 aromatic carbocycles. The number of pyridine rings is 1. The molecule has 0 unspecified atom stereocenters. The lowest BCUT2D eigenvalue weighted by Gasteiger charge is -2.26. The first-order chi connectivity index (χ1) is 13.8. The number of nitrogens with zero attached hydrogens (tertiary/aromatic N) is 1. The van der Waals surface area contributed by atoms with Gasteiger partial charge in [0.2, 0.25) is 0 Å². The van der Waals surface area contributed by atoms with Gasteiger partial charge in [0.15, 0.2) is 0 Å². The first-order valence-corrected chi connectivity index (χ1v) is 13.9. The second kappa shape index (κ2) is 7.91.